The largest absolute Gasteiger partial charge is 0.357 e. The number of guanidine groups is 1. The van der Waals surface area contributed by atoms with Crippen LogP contribution in [0.1, 0.15) is 32.8 Å². The summed E-state index contributed by atoms with van der Waals surface area (Å²) in [5.41, 5.74) is 1.52. The Kier molecular flexibility index (Phi) is 7.33. The topological polar surface area (TPSA) is 90.9 Å². The van der Waals surface area contributed by atoms with Crippen LogP contribution in [0.15, 0.2) is 23.2 Å². The highest BCUT2D eigenvalue weighted by Crippen LogP contribution is 2.24. The molecule has 156 valence electrons. The van der Waals surface area contributed by atoms with E-state index in [1.807, 2.05) is 24.8 Å². The lowest BCUT2D eigenvalue weighted by molar-refractivity contribution is -0.116. The number of aliphatic imine (C=N–C) groups is 1. The van der Waals surface area contributed by atoms with Crippen LogP contribution in [0.25, 0.3) is 0 Å². The maximum atomic E-state index is 12.2. The smallest absolute Gasteiger partial charge is 0.226 e. The third-order valence-electron chi connectivity index (χ3n) is 4.82. The van der Waals surface area contributed by atoms with Gasteiger partial charge in [-0.25, -0.2) is 8.42 Å². The third-order valence-corrected chi connectivity index (χ3v) is 7.76. The number of nitrogens with zero attached hydrogens (tertiary/aromatic N) is 2. The fraction of sp³-hybridized carbons (Fsp3) is 0.579. The molecule has 1 aliphatic rings. The van der Waals surface area contributed by atoms with E-state index < -0.39 is 14.6 Å². The Morgan fingerprint density at radius 1 is 1.36 bits per heavy atom. The first-order valence-corrected chi connectivity index (χ1v) is 11.4. The second-order valence-corrected chi connectivity index (χ2v) is 10.6. The SMILES string of the molecule is CCNC(=NCCC(=O)Nc1cccc(Cl)c1C)N1CCS(=O)(=O)C(C)(C)C1. The van der Waals surface area contributed by atoms with Gasteiger partial charge in [-0.3, -0.25) is 9.79 Å². The van der Waals surface area contributed by atoms with Gasteiger partial charge in [0.25, 0.3) is 0 Å². The second-order valence-electron chi connectivity index (χ2n) is 7.45. The lowest BCUT2D eigenvalue weighted by Gasteiger charge is -2.39. The Morgan fingerprint density at radius 3 is 2.71 bits per heavy atom. The van der Waals surface area contributed by atoms with Crippen LogP contribution >= 0.6 is 11.6 Å². The summed E-state index contributed by atoms with van der Waals surface area (Å²) in [6.45, 7) is 9.01. The molecule has 9 heteroatoms. The monoisotopic (exact) mass is 428 g/mol. The Hall–Kier alpha value is -1.80. The number of amides is 1. The Labute approximate surface area is 172 Å². The molecule has 0 unspecified atom stereocenters. The van der Waals surface area contributed by atoms with Gasteiger partial charge in [0.2, 0.25) is 5.91 Å². The molecule has 0 atom stereocenters. The summed E-state index contributed by atoms with van der Waals surface area (Å²) >= 11 is 6.08. The summed E-state index contributed by atoms with van der Waals surface area (Å²) in [4.78, 5) is 18.7. The van der Waals surface area contributed by atoms with Gasteiger partial charge in [-0.15, -0.1) is 0 Å². The summed E-state index contributed by atoms with van der Waals surface area (Å²) in [6.07, 6.45) is 0.219. The molecule has 1 saturated heterocycles. The number of sulfone groups is 1. The summed E-state index contributed by atoms with van der Waals surface area (Å²) < 4.78 is 23.6. The van der Waals surface area contributed by atoms with Crippen molar-refractivity contribution in [3.05, 3.63) is 28.8 Å². The van der Waals surface area contributed by atoms with Gasteiger partial charge >= 0.3 is 0 Å². The molecule has 0 aromatic heterocycles. The number of halogens is 1. The molecule has 1 aromatic carbocycles. The first-order chi connectivity index (χ1) is 13.1. The zero-order valence-electron chi connectivity index (χ0n) is 16.9. The number of carbonyl (C=O) groups excluding carboxylic acids is 1. The molecule has 1 heterocycles. The van der Waals surface area contributed by atoms with Crippen molar-refractivity contribution in [1.82, 2.24) is 10.2 Å². The molecule has 2 rings (SSSR count). The van der Waals surface area contributed by atoms with Crippen LogP contribution in [0.2, 0.25) is 5.02 Å². The fourth-order valence-corrected chi connectivity index (χ4v) is 4.51. The van der Waals surface area contributed by atoms with Crippen LogP contribution in [0.5, 0.6) is 0 Å². The van der Waals surface area contributed by atoms with E-state index in [4.69, 9.17) is 11.6 Å². The maximum absolute atomic E-state index is 12.2. The Bertz CT molecular complexity index is 853. The van der Waals surface area contributed by atoms with Gasteiger partial charge in [0.05, 0.1) is 17.0 Å². The first-order valence-electron chi connectivity index (χ1n) is 9.38. The lowest BCUT2D eigenvalue weighted by atomic mass is 10.2. The first kappa shape index (κ1) is 22.5. The van der Waals surface area contributed by atoms with Gasteiger partial charge in [-0.2, -0.15) is 0 Å². The average molecular weight is 429 g/mol. The number of hydrogen-bond donors (Lipinski definition) is 2. The zero-order chi connectivity index (χ0) is 20.9. The molecule has 0 aliphatic carbocycles. The molecular weight excluding hydrogens is 400 g/mol. The molecular formula is C19H29ClN4O3S. The quantitative estimate of drug-likeness (QED) is 0.555. The number of benzene rings is 1. The van der Waals surface area contributed by atoms with Crippen molar-refractivity contribution in [2.75, 3.05) is 37.2 Å². The molecule has 1 fully saturated rings. The summed E-state index contributed by atoms with van der Waals surface area (Å²) in [5.74, 6) is 0.586. The van der Waals surface area contributed by atoms with Gasteiger partial charge in [0.1, 0.15) is 0 Å². The van der Waals surface area contributed by atoms with Crippen molar-refractivity contribution < 1.29 is 13.2 Å². The molecule has 7 nitrogen and oxygen atoms in total. The highest BCUT2D eigenvalue weighted by molar-refractivity contribution is 7.92. The summed E-state index contributed by atoms with van der Waals surface area (Å²) in [5, 5.41) is 6.65. The van der Waals surface area contributed by atoms with Crippen molar-refractivity contribution >= 4 is 39.0 Å². The predicted molar refractivity (Wildman–Crippen MR) is 115 cm³/mol. The van der Waals surface area contributed by atoms with E-state index in [0.29, 0.717) is 42.8 Å². The summed E-state index contributed by atoms with van der Waals surface area (Å²) in [7, 11) is -3.12. The number of rotatable bonds is 5. The van der Waals surface area contributed by atoms with Crippen LogP contribution in [0.4, 0.5) is 5.69 Å². The molecule has 0 saturated carbocycles. The highest BCUT2D eigenvalue weighted by atomic mass is 35.5. The minimum atomic E-state index is -3.12. The van der Waals surface area contributed by atoms with E-state index in [9.17, 15) is 13.2 Å². The van der Waals surface area contributed by atoms with Crippen molar-refractivity contribution in [1.29, 1.82) is 0 Å². The minimum Gasteiger partial charge on any atom is -0.357 e. The maximum Gasteiger partial charge on any atom is 0.226 e. The Morgan fingerprint density at radius 2 is 2.07 bits per heavy atom. The van der Waals surface area contributed by atoms with E-state index >= 15 is 0 Å². The van der Waals surface area contributed by atoms with E-state index in [1.165, 1.54) is 0 Å². The van der Waals surface area contributed by atoms with Gasteiger partial charge in [0.15, 0.2) is 15.8 Å². The van der Waals surface area contributed by atoms with Crippen LogP contribution in [0.3, 0.4) is 0 Å². The second kappa shape index (κ2) is 9.13. The highest BCUT2D eigenvalue weighted by Gasteiger charge is 2.40. The standard InChI is InChI=1S/C19H29ClN4O3S/c1-5-21-18(24-11-12-28(26,27)19(3,4)13-24)22-10-9-17(25)23-16-8-6-7-15(20)14(16)2/h6-8H,5,9-13H2,1-4H3,(H,21,22)(H,23,25). The van der Waals surface area contributed by atoms with E-state index in [0.717, 1.165) is 5.56 Å². The fourth-order valence-electron chi connectivity index (χ4n) is 2.97. The minimum absolute atomic E-state index is 0.0962. The molecule has 2 N–H and O–H groups in total. The van der Waals surface area contributed by atoms with Crippen LogP contribution in [0, 0.1) is 6.92 Å². The van der Waals surface area contributed by atoms with Crippen molar-refractivity contribution in [2.24, 2.45) is 4.99 Å². The molecule has 1 amide bonds. The molecule has 28 heavy (non-hydrogen) atoms. The molecule has 1 aliphatic heterocycles. The number of anilines is 1. The predicted octanol–water partition coefficient (Wildman–Crippen LogP) is 2.45. The van der Waals surface area contributed by atoms with Crippen LogP contribution < -0.4 is 10.6 Å². The van der Waals surface area contributed by atoms with E-state index in [1.54, 1.807) is 26.0 Å². The van der Waals surface area contributed by atoms with Gasteiger partial charge in [0, 0.05) is 36.8 Å². The molecule has 0 bridgehead atoms. The zero-order valence-corrected chi connectivity index (χ0v) is 18.5. The van der Waals surface area contributed by atoms with E-state index in [-0.39, 0.29) is 18.1 Å². The van der Waals surface area contributed by atoms with Gasteiger partial charge < -0.3 is 15.5 Å². The molecule has 0 spiro atoms. The van der Waals surface area contributed by atoms with Gasteiger partial charge in [-0.05, 0) is 45.4 Å². The van der Waals surface area contributed by atoms with Crippen LogP contribution in [-0.2, 0) is 14.6 Å². The molecule has 0 radical (unpaired) electrons. The number of hydrogen-bond acceptors (Lipinski definition) is 4. The van der Waals surface area contributed by atoms with Crippen molar-refractivity contribution in [3.8, 4) is 0 Å². The Balaban J connectivity index is 1.99. The summed E-state index contributed by atoms with van der Waals surface area (Å²) in [6, 6.07) is 5.38. The van der Waals surface area contributed by atoms with Crippen molar-refractivity contribution in [3.63, 3.8) is 0 Å². The van der Waals surface area contributed by atoms with E-state index in [2.05, 4.69) is 15.6 Å². The normalized spacial score (nSPS) is 18.6. The van der Waals surface area contributed by atoms with Crippen LogP contribution in [-0.4, -0.2) is 61.9 Å². The van der Waals surface area contributed by atoms with Gasteiger partial charge in [-0.1, -0.05) is 17.7 Å². The molecule has 1 aromatic rings. The lowest BCUT2D eigenvalue weighted by Crippen LogP contribution is -2.57. The number of nitrogens with one attached hydrogen (secondary N) is 2. The van der Waals surface area contributed by atoms with Crippen molar-refractivity contribution in [2.45, 2.75) is 38.9 Å². The number of carbonyl (C=O) groups is 1. The third kappa shape index (κ3) is 5.38. The average Bonchev–Trinajstić information content (AvgIpc) is 2.61.